The zero-order chi connectivity index (χ0) is 17.3. The van der Waals surface area contributed by atoms with E-state index in [1.165, 1.54) is 6.07 Å². The van der Waals surface area contributed by atoms with Gasteiger partial charge in [0.25, 0.3) is 0 Å². The molecule has 0 bridgehead atoms. The van der Waals surface area contributed by atoms with Gasteiger partial charge in [-0.05, 0) is 32.4 Å². The van der Waals surface area contributed by atoms with E-state index in [9.17, 15) is 18.0 Å². The molecule has 0 radical (unpaired) electrons. The van der Waals surface area contributed by atoms with Crippen molar-refractivity contribution in [1.29, 1.82) is 0 Å². The minimum absolute atomic E-state index is 0.229. The molecule has 7 heteroatoms. The Bertz CT molecular complexity index is 572. The Hall–Kier alpha value is -1.60. The van der Waals surface area contributed by atoms with Crippen LogP contribution in [-0.4, -0.2) is 25.0 Å². The number of hydrogen-bond donors (Lipinski definition) is 3. The molecule has 2 rings (SSSR count). The van der Waals surface area contributed by atoms with Gasteiger partial charge in [-0.1, -0.05) is 18.2 Å². The molecule has 1 aromatic carbocycles. The number of amides is 1. The summed E-state index contributed by atoms with van der Waals surface area (Å²) in [6.45, 7) is 6.49. The highest BCUT2D eigenvalue weighted by Crippen LogP contribution is 2.32. The fraction of sp³-hybridized carbons (Fsp3) is 0.562. The van der Waals surface area contributed by atoms with Gasteiger partial charge in [0.15, 0.2) is 0 Å². The molecule has 1 aliphatic rings. The van der Waals surface area contributed by atoms with Crippen LogP contribution in [-0.2, 0) is 16.4 Å². The van der Waals surface area contributed by atoms with Gasteiger partial charge in [0.05, 0.1) is 11.0 Å². The molecule has 2 atom stereocenters. The first-order chi connectivity index (χ1) is 10.6. The van der Waals surface area contributed by atoms with Crippen molar-refractivity contribution in [1.82, 2.24) is 16.2 Å². The fourth-order valence-corrected chi connectivity index (χ4v) is 2.55. The van der Waals surface area contributed by atoms with E-state index in [1.54, 1.807) is 19.9 Å². The minimum Gasteiger partial charge on any atom is -0.355 e. The normalized spacial score (nSPS) is 22.2. The van der Waals surface area contributed by atoms with E-state index in [1.807, 2.05) is 6.92 Å². The van der Waals surface area contributed by atoms with Crippen LogP contribution in [0.15, 0.2) is 24.3 Å². The first-order valence-electron chi connectivity index (χ1n) is 7.57. The quantitative estimate of drug-likeness (QED) is 0.794. The highest BCUT2D eigenvalue weighted by Gasteiger charge is 2.35. The van der Waals surface area contributed by atoms with Gasteiger partial charge in [-0.3, -0.25) is 15.6 Å². The molecule has 3 N–H and O–H groups in total. The van der Waals surface area contributed by atoms with Crippen LogP contribution in [0.2, 0.25) is 0 Å². The Balaban J connectivity index is 2.09. The van der Waals surface area contributed by atoms with Crippen LogP contribution in [0.1, 0.15) is 31.9 Å². The lowest BCUT2D eigenvalue weighted by Crippen LogP contribution is -2.43. The third-order valence-electron chi connectivity index (χ3n) is 4.41. The molecule has 0 spiro atoms. The second kappa shape index (κ2) is 6.49. The maximum absolute atomic E-state index is 12.8. The zero-order valence-corrected chi connectivity index (χ0v) is 13.4. The summed E-state index contributed by atoms with van der Waals surface area (Å²) in [6.07, 6.45) is -4.42. The lowest BCUT2D eigenvalue weighted by molar-refractivity contribution is -0.138. The van der Waals surface area contributed by atoms with Crippen LogP contribution in [0.3, 0.4) is 0 Å². The first kappa shape index (κ1) is 17.7. The molecule has 1 heterocycles. The third-order valence-corrected chi connectivity index (χ3v) is 4.41. The average molecular weight is 329 g/mol. The fourth-order valence-electron chi connectivity index (χ4n) is 2.55. The summed E-state index contributed by atoms with van der Waals surface area (Å²) >= 11 is 0. The number of carbonyl (C=O) groups excluding carboxylic acids is 1. The van der Waals surface area contributed by atoms with Gasteiger partial charge in [-0.15, -0.1) is 0 Å². The molecule has 1 aliphatic heterocycles. The van der Waals surface area contributed by atoms with E-state index in [-0.39, 0.29) is 17.9 Å². The summed E-state index contributed by atoms with van der Waals surface area (Å²) < 4.78 is 38.5. The highest BCUT2D eigenvalue weighted by atomic mass is 19.4. The van der Waals surface area contributed by atoms with Crippen molar-refractivity contribution in [2.45, 2.75) is 38.4 Å². The summed E-state index contributed by atoms with van der Waals surface area (Å²) in [6, 6.07) is 5.17. The molecule has 1 amide bonds. The van der Waals surface area contributed by atoms with Gasteiger partial charge in [-0.2, -0.15) is 13.2 Å². The number of nitrogens with one attached hydrogen (secondary N) is 3. The summed E-state index contributed by atoms with van der Waals surface area (Å²) in [5.41, 5.74) is 4.64. The Morgan fingerprint density at radius 3 is 2.52 bits per heavy atom. The maximum atomic E-state index is 12.8. The smallest absolute Gasteiger partial charge is 0.355 e. The number of alkyl halides is 3. The van der Waals surface area contributed by atoms with E-state index in [0.29, 0.717) is 12.1 Å². The van der Waals surface area contributed by atoms with Crippen molar-refractivity contribution in [3.05, 3.63) is 35.4 Å². The summed E-state index contributed by atoms with van der Waals surface area (Å²) in [5, 5.41) is 2.85. The van der Waals surface area contributed by atoms with Gasteiger partial charge < -0.3 is 5.32 Å². The van der Waals surface area contributed by atoms with Gasteiger partial charge >= 0.3 is 6.18 Å². The monoisotopic (exact) mass is 329 g/mol. The first-order valence-corrected chi connectivity index (χ1v) is 7.57. The molecular formula is C16H22F3N3O. The van der Waals surface area contributed by atoms with Crippen molar-refractivity contribution in [3.63, 3.8) is 0 Å². The average Bonchev–Trinajstić information content (AvgIpc) is 2.89. The van der Waals surface area contributed by atoms with Gasteiger partial charge in [0.1, 0.15) is 0 Å². The summed E-state index contributed by atoms with van der Waals surface area (Å²) in [5.74, 6) is -0.0350. The molecule has 1 fully saturated rings. The molecule has 0 aromatic heterocycles. The van der Waals surface area contributed by atoms with Crippen LogP contribution in [0, 0.1) is 5.92 Å². The van der Waals surface area contributed by atoms with E-state index in [4.69, 9.17) is 0 Å². The number of carbonyl (C=O) groups is 1. The number of hydrazine groups is 1. The van der Waals surface area contributed by atoms with E-state index >= 15 is 0 Å². The van der Waals surface area contributed by atoms with Crippen molar-refractivity contribution in [3.8, 4) is 0 Å². The Labute approximate surface area is 133 Å². The van der Waals surface area contributed by atoms with Gasteiger partial charge in [0.2, 0.25) is 5.91 Å². The lowest BCUT2D eigenvalue weighted by atomic mass is 9.82. The molecule has 4 nitrogen and oxygen atoms in total. The van der Waals surface area contributed by atoms with Crippen molar-refractivity contribution in [2.24, 2.45) is 5.92 Å². The predicted molar refractivity (Wildman–Crippen MR) is 81.6 cm³/mol. The second-order valence-electron chi connectivity index (χ2n) is 6.49. The lowest BCUT2D eigenvalue weighted by Gasteiger charge is -2.26. The van der Waals surface area contributed by atoms with Crippen LogP contribution >= 0.6 is 0 Å². The zero-order valence-electron chi connectivity index (χ0n) is 13.4. The number of halogens is 3. The van der Waals surface area contributed by atoms with Crippen LogP contribution in [0.25, 0.3) is 0 Å². The molecule has 2 unspecified atom stereocenters. The van der Waals surface area contributed by atoms with Gasteiger partial charge in [0, 0.05) is 25.0 Å². The van der Waals surface area contributed by atoms with E-state index < -0.39 is 17.2 Å². The number of rotatable bonds is 4. The Morgan fingerprint density at radius 1 is 1.30 bits per heavy atom. The topological polar surface area (TPSA) is 53.2 Å². The number of hydrogen-bond acceptors (Lipinski definition) is 3. The van der Waals surface area contributed by atoms with Crippen LogP contribution < -0.4 is 16.2 Å². The predicted octanol–water partition coefficient (Wildman–Crippen LogP) is 2.21. The third kappa shape index (κ3) is 4.03. The van der Waals surface area contributed by atoms with E-state index in [2.05, 4.69) is 16.2 Å². The highest BCUT2D eigenvalue weighted by molar-refractivity contribution is 5.87. The van der Waals surface area contributed by atoms with Crippen LogP contribution in [0.4, 0.5) is 13.2 Å². The van der Waals surface area contributed by atoms with Crippen molar-refractivity contribution < 1.29 is 18.0 Å². The van der Waals surface area contributed by atoms with Crippen molar-refractivity contribution >= 4 is 5.91 Å². The van der Waals surface area contributed by atoms with E-state index in [0.717, 1.165) is 18.7 Å². The largest absolute Gasteiger partial charge is 0.416 e. The SMILES string of the molecule is CC1NNCC1CNC(=O)C(C)(C)c1cccc(C(F)(F)F)c1. The van der Waals surface area contributed by atoms with Crippen LogP contribution in [0.5, 0.6) is 0 Å². The molecule has 1 aromatic rings. The standard InChI is InChI=1S/C16H22F3N3O/c1-10-11(9-21-22-10)8-20-14(23)15(2,3)12-5-4-6-13(7-12)16(17,18)19/h4-7,10-11,21-22H,8-9H2,1-3H3,(H,20,23). The van der Waals surface area contributed by atoms with Crippen molar-refractivity contribution in [2.75, 3.05) is 13.1 Å². The molecule has 0 aliphatic carbocycles. The molecule has 128 valence electrons. The Kier molecular flexibility index (Phi) is 5.01. The molecule has 1 saturated heterocycles. The molecular weight excluding hydrogens is 307 g/mol. The number of benzene rings is 1. The maximum Gasteiger partial charge on any atom is 0.416 e. The molecule has 0 saturated carbocycles. The summed E-state index contributed by atoms with van der Waals surface area (Å²) in [7, 11) is 0. The summed E-state index contributed by atoms with van der Waals surface area (Å²) in [4.78, 5) is 12.5. The molecule has 23 heavy (non-hydrogen) atoms. The van der Waals surface area contributed by atoms with Gasteiger partial charge in [-0.25, -0.2) is 0 Å². The minimum atomic E-state index is -4.42. The second-order valence-corrected chi connectivity index (χ2v) is 6.49. The Morgan fingerprint density at radius 2 is 1.96 bits per heavy atom.